The number of carbonyl (C=O) groups excluding carboxylic acids is 1. The Balaban J connectivity index is 1.91. The van der Waals surface area contributed by atoms with Gasteiger partial charge in [0, 0.05) is 19.2 Å². The first-order chi connectivity index (χ1) is 12.5. The number of nitrogens with one attached hydrogen (secondary N) is 1. The average molecular weight is 353 g/mol. The molecule has 26 heavy (non-hydrogen) atoms. The minimum atomic E-state index is -0.719. The van der Waals surface area contributed by atoms with E-state index in [0.717, 1.165) is 0 Å². The lowest BCUT2D eigenvalue weighted by molar-refractivity contribution is 0.0942. The van der Waals surface area contributed by atoms with Crippen LogP contribution in [0.5, 0.6) is 5.75 Å². The Morgan fingerprint density at radius 1 is 1.15 bits per heavy atom. The number of hydrogen-bond acceptors (Lipinski definition) is 4. The van der Waals surface area contributed by atoms with Gasteiger partial charge in [-0.15, -0.1) is 0 Å². The van der Waals surface area contributed by atoms with Crippen molar-refractivity contribution in [2.24, 2.45) is 7.05 Å². The van der Waals surface area contributed by atoms with E-state index in [2.05, 4.69) is 10.3 Å². The minimum absolute atomic E-state index is 0.107. The highest BCUT2D eigenvalue weighted by Gasteiger charge is 2.20. The van der Waals surface area contributed by atoms with E-state index in [0.29, 0.717) is 11.1 Å². The molecule has 0 spiro atoms. The van der Waals surface area contributed by atoms with Gasteiger partial charge in [0.25, 0.3) is 11.5 Å². The number of aromatic nitrogens is 2. The smallest absolute Gasteiger partial charge is 0.296 e. The second kappa shape index (κ2) is 7.18. The number of carbonyl (C=O) groups is 1. The molecule has 0 aliphatic carbocycles. The summed E-state index contributed by atoms with van der Waals surface area (Å²) >= 11 is 0. The van der Waals surface area contributed by atoms with Crippen molar-refractivity contribution in [3.8, 4) is 17.1 Å². The summed E-state index contributed by atoms with van der Waals surface area (Å²) in [6.45, 7) is 0.107. The Hall–Kier alpha value is -3.48. The highest BCUT2D eigenvalue weighted by atomic mass is 19.1. The summed E-state index contributed by atoms with van der Waals surface area (Å²) in [6.07, 6.45) is 0. The summed E-state index contributed by atoms with van der Waals surface area (Å²) in [4.78, 5) is 28.8. The maximum atomic E-state index is 12.9. The molecule has 132 valence electrons. The topological polar surface area (TPSA) is 84.2 Å². The van der Waals surface area contributed by atoms with Crippen molar-refractivity contribution in [3.05, 3.63) is 82.0 Å². The molecule has 1 heterocycles. The van der Waals surface area contributed by atoms with E-state index in [1.54, 1.807) is 24.3 Å². The van der Waals surface area contributed by atoms with Crippen molar-refractivity contribution >= 4 is 5.91 Å². The van der Waals surface area contributed by atoms with Gasteiger partial charge in [-0.2, -0.15) is 0 Å². The lowest BCUT2D eigenvalue weighted by atomic mass is 10.2. The quantitative estimate of drug-likeness (QED) is 0.753. The predicted octanol–water partition coefficient (Wildman–Crippen LogP) is 2.22. The van der Waals surface area contributed by atoms with Gasteiger partial charge >= 0.3 is 0 Å². The summed E-state index contributed by atoms with van der Waals surface area (Å²) in [5.74, 6) is -1.52. The van der Waals surface area contributed by atoms with Crippen LogP contribution < -0.4 is 10.9 Å². The van der Waals surface area contributed by atoms with Gasteiger partial charge in [0.15, 0.2) is 5.69 Å². The maximum absolute atomic E-state index is 12.9. The van der Waals surface area contributed by atoms with Crippen molar-refractivity contribution in [1.29, 1.82) is 0 Å². The molecule has 0 aliphatic heterocycles. The second-order valence-electron chi connectivity index (χ2n) is 5.67. The molecule has 2 N–H and O–H groups in total. The molecule has 0 saturated heterocycles. The van der Waals surface area contributed by atoms with Crippen LogP contribution in [0.2, 0.25) is 0 Å². The Morgan fingerprint density at radius 3 is 2.46 bits per heavy atom. The third kappa shape index (κ3) is 3.46. The second-order valence-corrected chi connectivity index (χ2v) is 5.67. The average Bonchev–Trinajstić information content (AvgIpc) is 2.66. The molecule has 0 atom stereocenters. The summed E-state index contributed by atoms with van der Waals surface area (Å²) in [6, 6.07) is 14.5. The molecular formula is C19H16FN3O3. The van der Waals surface area contributed by atoms with Crippen LogP contribution in [0.4, 0.5) is 4.39 Å². The predicted molar refractivity (Wildman–Crippen MR) is 94.1 cm³/mol. The highest BCUT2D eigenvalue weighted by Crippen LogP contribution is 2.18. The molecule has 1 amide bonds. The van der Waals surface area contributed by atoms with Gasteiger partial charge in [-0.3, -0.25) is 14.2 Å². The van der Waals surface area contributed by atoms with Crippen LogP contribution in [0.15, 0.2) is 59.4 Å². The maximum Gasteiger partial charge on any atom is 0.296 e. The first kappa shape index (κ1) is 17.3. The fraction of sp³-hybridized carbons (Fsp3) is 0.105. The molecule has 0 bridgehead atoms. The SMILES string of the molecule is Cn1c(-c2ccccc2)nc(C(=O)NCc2ccc(F)cc2)c(O)c1=O. The molecule has 0 saturated carbocycles. The van der Waals surface area contributed by atoms with E-state index < -0.39 is 17.2 Å². The zero-order valence-electron chi connectivity index (χ0n) is 13.9. The van der Waals surface area contributed by atoms with Gasteiger partial charge in [-0.05, 0) is 17.7 Å². The molecule has 7 heteroatoms. The number of hydrogen-bond donors (Lipinski definition) is 2. The standard InChI is InChI=1S/C19H16FN3O3/c1-23-17(13-5-3-2-4-6-13)22-15(16(24)19(23)26)18(25)21-11-12-7-9-14(20)10-8-12/h2-10,24H,11H2,1H3,(H,21,25). The van der Waals surface area contributed by atoms with E-state index in [-0.39, 0.29) is 23.9 Å². The Labute approximate surface area is 148 Å². The number of rotatable bonds is 4. The normalized spacial score (nSPS) is 10.5. The third-order valence-electron chi connectivity index (χ3n) is 3.88. The van der Waals surface area contributed by atoms with Gasteiger partial charge in [0.05, 0.1) is 0 Å². The van der Waals surface area contributed by atoms with Crippen LogP contribution >= 0.6 is 0 Å². The van der Waals surface area contributed by atoms with Crippen LogP contribution in [-0.4, -0.2) is 20.6 Å². The van der Waals surface area contributed by atoms with Crippen LogP contribution in [0.3, 0.4) is 0 Å². The molecule has 0 radical (unpaired) electrons. The number of nitrogens with zero attached hydrogens (tertiary/aromatic N) is 2. The van der Waals surface area contributed by atoms with E-state index >= 15 is 0 Å². The molecule has 0 unspecified atom stereocenters. The third-order valence-corrected chi connectivity index (χ3v) is 3.88. The fourth-order valence-electron chi connectivity index (χ4n) is 2.46. The zero-order valence-corrected chi connectivity index (χ0v) is 13.9. The molecule has 6 nitrogen and oxygen atoms in total. The van der Waals surface area contributed by atoms with Crippen molar-refractivity contribution < 1.29 is 14.3 Å². The first-order valence-corrected chi connectivity index (χ1v) is 7.85. The highest BCUT2D eigenvalue weighted by molar-refractivity contribution is 5.95. The van der Waals surface area contributed by atoms with Crippen molar-refractivity contribution in [2.45, 2.75) is 6.54 Å². The van der Waals surface area contributed by atoms with E-state index in [1.807, 2.05) is 6.07 Å². The van der Waals surface area contributed by atoms with E-state index in [9.17, 15) is 19.1 Å². The molecule has 0 aliphatic rings. The van der Waals surface area contributed by atoms with Gasteiger partial charge < -0.3 is 10.4 Å². The monoisotopic (exact) mass is 353 g/mol. The molecule has 1 aromatic heterocycles. The van der Waals surface area contributed by atoms with Crippen molar-refractivity contribution in [2.75, 3.05) is 0 Å². The van der Waals surface area contributed by atoms with Crippen LogP contribution in [0.1, 0.15) is 16.1 Å². The summed E-state index contributed by atoms with van der Waals surface area (Å²) in [5.41, 5.74) is 0.242. The largest absolute Gasteiger partial charge is 0.501 e. The number of benzene rings is 2. The van der Waals surface area contributed by atoms with Gasteiger partial charge in [-0.1, -0.05) is 42.5 Å². The molecule has 2 aromatic carbocycles. The molecule has 3 rings (SSSR count). The fourth-order valence-corrected chi connectivity index (χ4v) is 2.46. The summed E-state index contributed by atoms with van der Waals surface area (Å²) in [7, 11) is 1.47. The van der Waals surface area contributed by atoms with E-state index in [1.165, 1.54) is 35.9 Å². The summed E-state index contributed by atoms with van der Waals surface area (Å²) < 4.78 is 14.1. The Morgan fingerprint density at radius 2 is 1.81 bits per heavy atom. The Kier molecular flexibility index (Phi) is 4.79. The van der Waals surface area contributed by atoms with Gasteiger partial charge in [0.2, 0.25) is 5.75 Å². The number of halogens is 1. The number of amides is 1. The van der Waals surface area contributed by atoms with Gasteiger partial charge in [-0.25, -0.2) is 9.37 Å². The van der Waals surface area contributed by atoms with Crippen molar-refractivity contribution in [1.82, 2.24) is 14.9 Å². The Bertz CT molecular complexity index is 999. The lowest BCUT2D eigenvalue weighted by Gasteiger charge is -2.12. The molecule has 3 aromatic rings. The van der Waals surface area contributed by atoms with Crippen LogP contribution in [0, 0.1) is 5.82 Å². The van der Waals surface area contributed by atoms with Gasteiger partial charge in [0.1, 0.15) is 11.6 Å². The van der Waals surface area contributed by atoms with E-state index in [4.69, 9.17) is 0 Å². The molecular weight excluding hydrogens is 337 g/mol. The summed E-state index contributed by atoms with van der Waals surface area (Å²) in [5, 5.41) is 12.6. The first-order valence-electron chi connectivity index (χ1n) is 7.85. The van der Waals surface area contributed by atoms with Crippen LogP contribution in [-0.2, 0) is 13.6 Å². The molecule has 0 fully saturated rings. The van der Waals surface area contributed by atoms with Crippen molar-refractivity contribution in [3.63, 3.8) is 0 Å². The lowest BCUT2D eigenvalue weighted by Crippen LogP contribution is -2.29. The minimum Gasteiger partial charge on any atom is -0.501 e. The van der Waals surface area contributed by atoms with Crippen LogP contribution in [0.25, 0.3) is 11.4 Å². The number of aromatic hydroxyl groups is 1. The zero-order chi connectivity index (χ0) is 18.7.